The molecule has 3 heteroatoms. The molecular weight excluding hydrogens is 781 g/mol. The van der Waals surface area contributed by atoms with E-state index in [1.54, 1.807) is 0 Å². The van der Waals surface area contributed by atoms with Crippen LogP contribution in [-0.2, 0) is 0 Å². The molecular formula is C60H40N2S. The Labute approximate surface area is 370 Å². The van der Waals surface area contributed by atoms with Crippen molar-refractivity contribution in [3.05, 3.63) is 243 Å². The molecule has 0 amide bonds. The number of aromatic nitrogens is 1. The van der Waals surface area contributed by atoms with E-state index in [1.165, 1.54) is 86.5 Å². The Bertz CT molecular complexity index is 3470. The molecule has 63 heavy (non-hydrogen) atoms. The van der Waals surface area contributed by atoms with E-state index in [-0.39, 0.29) is 0 Å². The molecule has 12 rings (SSSR count). The Kier molecular flexibility index (Phi) is 9.06. The number of hydrogen-bond donors (Lipinski definition) is 0. The van der Waals surface area contributed by atoms with E-state index in [9.17, 15) is 0 Å². The maximum atomic E-state index is 2.45. The molecule has 2 aromatic heterocycles. The molecule has 0 radical (unpaired) electrons. The molecule has 2 heterocycles. The highest BCUT2D eigenvalue weighted by molar-refractivity contribution is 7.25. The van der Waals surface area contributed by atoms with Gasteiger partial charge in [0.05, 0.1) is 16.7 Å². The van der Waals surface area contributed by atoms with E-state index in [2.05, 4.69) is 252 Å². The molecule has 0 aliphatic heterocycles. The third-order valence-electron chi connectivity index (χ3n) is 12.4. The van der Waals surface area contributed by atoms with Crippen LogP contribution in [0.1, 0.15) is 0 Å². The molecule has 0 saturated heterocycles. The highest BCUT2D eigenvalue weighted by atomic mass is 32.1. The van der Waals surface area contributed by atoms with Crippen molar-refractivity contribution in [2.24, 2.45) is 0 Å². The predicted molar refractivity (Wildman–Crippen MR) is 270 cm³/mol. The normalized spacial score (nSPS) is 11.5. The minimum absolute atomic E-state index is 1.08. The predicted octanol–water partition coefficient (Wildman–Crippen LogP) is 17.3. The van der Waals surface area contributed by atoms with Crippen LogP contribution in [0.15, 0.2) is 243 Å². The fraction of sp³-hybridized carbons (Fsp3) is 0. The van der Waals surface area contributed by atoms with Crippen LogP contribution in [-0.4, -0.2) is 4.57 Å². The summed E-state index contributed by atoms with van der Waals surface area (Å²) in [5, 5.41) is 5.08. The zero-order chi connectivity index (χ0) is 41.7. The molecule has 0 aliphatic rings. The number of hydrogen-bond acceptors (Lipinski definition) is 2. The van der Waals surface area contributed by atoms with Crippen molar-refractivity contribution < 1.29 is 0 Å². The summed E-state index contributed by atoms with van der Waals surface area (Å²) in [7, 11) is 0. The molecule has 12 aromatic rings. The molecule has 0 fully saturated rings. The Hall–Kier alpha value is -7.98. The van der Waals surface area contributed by atoms with Gasteiger partial charge in [-0.25, -0.2) is 0 Å². The number of anilines is 3. The van der Waals surface area contributed by atoms with Gasteiger partial charge in [0.1, 0.15) is 0 Å². The molecule has 0 unspecified atom stereocenters. The number of thiophene rings is 1. The van der Waals surface area contributed by atoms with Crippen LogP contribution < -0.4 is 4.90 Å². The van der Waals surface area contributed by atoms with E-state index in [4.69, 9.17) is 0 Å². The Morgan fingerprint density at radius 3 is 1.40 bits per heavy atom. The number of rotatable bonds is 8. The van der Waals surface area contributed by atoms with Crippen LogP contribution in [0.2, 0.25) is 0 Å². The van der Waals surface area contributed by atoms with Crippen molar-refractivity contribution in [3.63, 3.8) is 0 Å². The monoisotopic (exact) mass is 820 g/mol. The third kappa shape index (κ3) is 6.50. The van der Waals surface area contributed by atoms with Gasteiger partial charge < -0.3 is 9.47 Å². The van der Waals surface area contributed by atoms with Crippen LogP contribution in [0.5, 0.6) is 0 Å². The molecule has 10 aromatic carbocycles. The third-order valence-corrected chi connectivity index (χ3v) is 13.6. The van der Waals surface area contributed by atoms with E-state index in [1.807, 2.05) is 11.3 Å². The maximum Gasteiger partial charge on any atom is 0.0541 e. The fourth-order valence-electron chi connectivity index (χ4n) is 9.43. The van der Waals surface area contributed by atoms with Crippen molar-refractivity contribution in [2.45, 2.75) is 0 Å². The summed E-state index contributed by atoms with van der Waals surface area (Å²) in [6.45, 7) is 0. The molecule has 0 atom stereocenters. The van der Waals surface area contributed by atoms with Crippen molar-refractivity contribution in [3.8, 4) is 50.2 Å². The van der Waals surface area contributed by atoms with Gasteiger partial charge in [0.15, 0.2) is 0 Å². The fourth-order valence-corrected chi connectivity index (χ4v) is 10.5. The Morgan fingerprint density at radius 2 is 0.762 bits per heavy atom. The first-order chi connectivity index (χ1) is 31.2. The van der Waals surface area contributed by atoms with Crippen molar-refractivity contribution >= 4 is 70.4 Å². The summed E-state index contributed by atoms with van der Waals surface area (Å²) in [6, 6.07) is 88.5. The molecule has 2 nitrogen and oxygen atoms in total. The van der Waals surface area contributed by atoms with Gasteiger partial charge in [-0.3, -0.25) is 0 Å². The van der Waals surface area contributed by atoms with E-state index in [0.717, 1.165) is 22.7 Å². The molecule has 0 aliphatic carbocycles. The van der Waals surface area contributed by atoms with Gasteiger partial charge in [-0.05, 0) is 112 Å². The van der Waals surface area contributed by atoms with Crippen LogP contribution in [0, 0.1) is 0 Å². The topological polar surface area (TPSA) is 8.17 Å². The van der Waals surface area contributed by atoms with E-state index in [0.29, 0.717) is 0 Å². The lowest BCUT2D eigenvalue weighted by Crippen LogP contribution is -2.10. The number of fused-ring (bicyclic) bond motifs is 6. The zero-order valence-corrected chi connectivity index (χ0v) is 35.2. The lowest BCUT2D eigenvalue weighted by Gasteiger charge is -2.27. The van der Waals surface area contributed by atoms with Gasteiger partial charge in [0.2, 0.25) is 0 Å². The second kappa shape index (κ2) is 15.5. The zero-order valence-electron chi connectivity index (χ0n) is 34.4. The molecule has 0 spiro atoms. The second-order valence-electron chi connectivity index (χ2n) is 16.1. The molecule has 296 valence electrons. The first kappa shape index (κ1) is 36.8. The number of nitrogens with zero attached hydrogens (tertiary/aromatic N) is 2. The SMILES string of the molecule is c1ccc(-c2ccc(N(c3ccc(-c4ccccc4)cc3)c3ccc(-c4ccccc4-n4c5ccccc5c5ccccc54)c(-c4ccc5sc6ccccc6c5c4)c3)cc2)cc1. The van der Waals surface area contributed by atoms with Gasteiger partial charge in [-0.1, -0.05) is 170 Å². The number of benzene rings is 10. The van der Waals surface area contributed by atoms with Crippen LogP contribution in [0.3, 0.4) is 0 Å². The quantitative estimate of drug-likeness (QED) is 0.148. The molecule has 0 bridgehead atoms. The lowest BCUT2D eigenvalue weighted by molar-refractivity contribution is 1.18. The molecule has 0 saturated carbocycles. The number of para-hydroxylation sites is 3. The van der Waals surface area contributed by atoms with E-state index < -0.39 is 0 Å². The van der Waals surface area contributed by atoms with Crippen LogP contribution >= 0.6 is 11.3 Å². The highest BCUT2D eigenvalue weighted by Gasteiger charge is 2.21. The first-order valence-electron chi connectivity index (χ1n) is 21.5. The Morgan fingerprint density at radius 1 is 0.286 bits per heavy atom. The summed E-state index contributed by atoms with van der Waals surface area (Å²) in [5.41, 5.74) is 16.3. The molecule has 0 N–H and O–H groups in total. The lowest BCUT2D eigenvalue weighted by atomic mass is 9.91. The summed E-state index contributed by atoms with van der Waals surface area (Å²) < 4.78 is 5.05. The minimum atomic E-state index is 1.08. The summed E-state index contributed by atoms with van der Waals surface area (Å²) >= 11 is 1.86. The van der Waals surface area contributed by atoms with Gasteiger partial charge in [0, 0.05) is 53.6 Å². The standard InChI is InChI=1S/C60H40N2S/c1-3-15-41(16-4-1)43-27-32-46(33-28-43)61(47-34-29-44(30-35-47)42-17-5-2-6-18-42)48-36-37-49(54(40-48)45-31-38-60-55(39-45)53-22-10-14-26-59(53)63-60)50-19-7-11-23-56(50)62-57-24-12-8-20-51(57)52-21-9-13-25-58(52)62/h1-40H. The largest absolute Gasteiger partial charge is 0.310 e. The van der Waals surface area contributed by atoms with Gasteiger partial charge in [-0.15, -0.1) is 11.3 Å². The average Bonchev–Trinajstić information content (AvgIpc) is 3.90. The first-order valence-corrected chi connectivity index (χ1v) is 22.3. The van der Waals surface area contributed by atoms with Gasteiger partial charge in [0.25, 0.3) is 0 Å². The smallest absolute Gasteiger partial charge is 0.0541 e. The van der Waals surface area contributed by atoms with Gasteiger partial charge >= 0.3 is 0 Å². The van der Waals surface area contributed by atoms with Gasteiger partial charge in [-0.2, -0.15) is 0 Å². The van der Waals surface area contributed by atoms with Crippen LogP contribution in [0.4, 0.5) is 17.1 Å². The minimum Gasteiger partial charge on any atom is -0.310 e. The summed E-state index contributed by atoms with van der Waals surface area (Å²) in [5.74, 6) is 0. The second-order valence-corrected chi connectivity index (χ2v) is 17.2. The van der Waals surface area contributed by atoms with Crippen molar-refractivity contribution in [1.82, 2.24) is 4.57 Å². The summed E-state index contributed by atoms with van der Waals surface area (Å²) in [6.07, 6.45) is 0. The summed E-state index contributed by atoms with van der Waals surface area (Å²) in [4.78, 5) is 2.40. The highest BCUT2D eigenvalue weighted by Crippen LogP contribution is 2.45. The van der Waals surface area contributed by atoms with E-state index >= 15 is 0 Å². The maximum absolute atomic E-state index is 2.45. The van der Waals surface area contributed by atoms with Crippen LogP contribution in [0.25, 0.3) is 92.2 Å². The Balaban J connectivity index is 1.09. The van der Waals surface area contributed by atoms with Crippen molar-refractivity contribution in [1.29, 1.82) is 0 Å². The van der Waals surface area contributed by atoms with Crippen molar-refractivity contribution in [2.75, 3.05) is 4.90 Å². The average molecular weight is 821 g/mol.